The van der Waals surface area contributed by atoms with Crippen molar-refractivity contribution in [3.05, 3.63) is 43.0 Å². The van der Waals surface area contributed by atoms with E-state index in [1.807, 2.05) is 38.5 Å². The normalized spacial score (nSPS) is 17.9. The lowest BCUT2D eigenvalue weighted by molar-refractivity contribution is 0.136. The number of anilines is 1. The van der Waals surface area contributed by atoms with E-state index in [2.05, 4.69) is 42.3 Å². The number of hydrogen-bond acceptors (Lipinski definition) is 6. The minimum Gasteiger partial charge on any atom is -0.393 e. The van der Waals surface area contributed by atoms with Crippen LogP contribution in [0.3, 0.4) is 0 Å². The minimum atomic E-state index is -0.303. The highest BCUT2D eigenvalue weighted by molar-refractivity contribution is 5.95. The Labute approximate surface area is 168 Å². The summed E-state index contributed by atoms with van der Waals surface area (Å²) in [5.74, 6) is 1.15. The number of fused-ring (bicyclic) bond motifs is 1. The number of aliphatic hydroxyl groups is 1. The molecule has 0 saturated carbocycles. The lowest BCUT2D eigenvalue weighted by atomic mass is 10.0. The van der Waals surface area contributed by atoms with Gasteiger partial charge in [0, 0.05) is 49.3 Å². The predicted octanol–water partition coefficient (Wildman–Crippen LogP) is 2.63. The summed E-state index contributed by atoms with van der Waals surface area (Å²) < 4.78 is 1.79. The van der Waals surface area contributed by atoms with Gasteiger partial charge in [-0.2, -0.15) is 10.2 Å². The van der Waals surface area contributed by atoms with Gasteiger partial charge in [-0.15, -0.1) is 0 Å². The quantitative estimate of drug-likeness (QED) is 0.557. The standard InChI is InChI=1S/C21H23N7O/c1-13(29)15-5-6-28(11-15)20-8-19(22-12-23-20)21-17-7-14(3-4-18(17)25-26-21)16-9-24-27(2)10-16/h3-4,7-10,12-13,15,29H,5-6,11H2,1-2H3,(H,25,26). The number of aromatic amines is 1. The predicted molar refractivity (Wildman–Crippen MR) is 111 cm³/mol. The molecule has 3 aromatic heterocycles. The van der Waals surface area contributed by atoms with Crippen LogP contribution in [0.1, 0.15) is 13.3 Å². The van der Waals surface area contributed by atoms with E-state index >= 15 is 0 Å². The van der Waals surface area contributed by atoms with Crippen molar-refractivity contribution in [1.82, 2.24) is 29.9 Å². The van der Waals surface area contributed by atoms with Crippen molar-refractivity contribution in [3.63, 3.8) is 0 Å². The summed E-state index contributed by atoms with van der Waals surface area (Å²) >= 11 is 0. The van der Waals surface area contributed by atoms with E-state index in [0.717, 1.165) is 58.7 Å². The third kappa shape index (κ3) is 3.25. The molecule has 0 bridgehead atoms. The van der Waals surface area contributed by atoms with Gasteiger partial charge in [-0.3, -0.25) is 9.78 Å². The lowest BCUT2D eigenvalue weighted by Crippen LogP contribution is -2.24. The summed E-state index contributed by atoms with van der Waals surface area (Å²) in [7, 11) is 1.91. The highest BCUT2D eigenvalue weighted by atomic mass is 16.3. The molecule has 1 aliphatic heterocycles. The Balaban J connectivity index is 1.51. The van der Waals surface area contributed by atoms with Crippen molar-refractivity contribution < 1.29 is 5.11 Å². The van der Waals surface area contributed by atoms with Crippen molar-refractivity contribution in [2.75, 3.05) is 18.0 Å². The van der Waals surface area contributed by atoms with Gasteiger partial charge in [0.25, 0.3) is 0 Å². The van der Waals surface area contributed by atoms with Crippen molar-refractivity contribution >= 4 is 16.7 Å². The summed E-state index contributed by atoms with van der Waals surface area (Å²) in [6.07, 6.45) is 6.11. The van der Waals surface area contributed by atoms with Crippen LogP contribution in [0.2, 0.25) is 0 Å². The number of nitrogens with one attached hydrogen (secondary N) is 1. The van der Waals surface area contributed by atoms with Gasteiger partial charge in [-0.1, -0.05) is 6.07 Å². The molecule has 0 amide bonds. The Kier molecular flexibility index (Phi) is 4.28. The fourth-order valence-corrected chi connectivity index (χ4v) is 4.00. The number of H-pyrrole nitrogens is 1. The number of rotatable bonds is 4. The van der Waals surface area contributed by atoms with Gasteiger partial charge in [0.15, 0.2) is 0 Å². The first-order valence-electron chi connectivity index (χ1n) is 9.81. The van der Waals surface area contributed by atoms with Crippen LogP contribution in [0.5, 0.6) is 0 Å². The fraction of sp³-hybridized carbons (Fsp3) is 0.333. The molecule has 4 aromatic rings. The second-order valence-electron chi connectivity index (χ2n) is 7.73. The molecular formula is C21H23N7O. The molecule has 2 N–H and O–H groups in total. The molecule has 1 aromatic carbocycles. The van der Waals surface area contributed by atoms with Gasteiger partial charge in [0.05, 0.1) is 23.5 Å². The Morgan fingerprint density at radius 2 is 2.10 bits per heavy atom. The van der Waals surface area contributed by atoms with Crippen LogP contribution in [0.25, 0.3) is 33.4 Å². The molecule has 2 atom stereocenters. The van der Waals surface area contributed by atoms with Crippen LogP contribution >= 0.6 is 0 Å². The molecule has 0 radical (unpaired) electrons. The van der Waals surface area contributed by atoms with Crippen molar-refractivity contribution in [1.29, 1.82) is 0 Å². The highest BCUT2D eigenvalue weighted by Gasteiger charge is 2.27. The maximum absolute atomic E-state index is 9.88. The second-order valence-corrected chi connectivity index (χ2v) is 7.73. The van der Waals surface area contributed by atoms with Crippen LogP contribution in [0.15, 0.2) is 43.0 Å². The number of benzene rings is 1. The van der Waals surface area contributed by atoms with Gasteiger partial charge in [-0.25, -0.2) is 9.97 Å². The van der Waals surface area contributed by atoms with E-state index < -0.39 is 0 Å². The molecule has 0 aliphatic carbocycles. The van der Waals surface area contributed by atoms with Crippen LogP contribution in [0, 0.1) is 5.92 Å². The SMILES string of the molecule is CC(O)C1CCN(c2cc(-c3n[nH]c4ccc(-c5cnn(C)c5)cc34)ncn2)C1. The molecule has 1 saturated heterocycles. The van der Waals surface area contributed by atoms with Gasteiger partial charge in [0.1, 0.15) is 17.8 Å². The Morgan fingerprint density at radius 1 is 1.21 bits per heavy atom. The number of aromatic nitrogens is 6. The number of hydrogen-bond donors (Lipinski definition) is 2. The lowest BCUT2D eigenvalue weighted by Gasteiger charge is -2.18. The zero-order valence-electron chi connectivity index (χ0n) is 16.4. The topological polar surface area (TPSA) is 95.8 Å². The number of aryl methyl sites for hydroxylation is 1. The summed E-state index contributed by atoms with van der Waals surface area (Å²) in [5.41, 5.74) is 4.70. The van der Waals surface area contributed by atoms with E-state index in [-0.39, 0.29) is 12.0 Å². The summed E-state index contributed by atoms with van der Waals surface area (Å²) in [4.78, 5) is 11.1. The third-order valence-electron chi connectivity index (χ3n) is 5.73. The molecule has 4 heterocycles. The van der Waals surface area contributed by atoms with E-state index in [0.29, 0.717) is 0 Å². The smallest absolute Gasteiger partial charge is 0.132 e. The largest absolute Gasteiger partial charge is 0.393 e. The molecule has 1 fully saturated rings. The van der Waals surface area contributed by atoms with Crippen LogP contribution < -0.4 is 4.90 Å². The number of nitrogens with zero attached hydrogens (tertiary/aromatic N) is 6. The van der Waals surface area contributed by atoms with Gasteiger partial charge in [-0.05, 0) is 31.0 Å². The van der Waals surface area contributed by atoms with Crippen LogP contribution in [-0.2, 0) is 7.05 Å². The first kappa shape index (κ1) is 17.8. The van der Waals surface area contributed by atoms with E-state index in [1.165, 1.54) is 0 Å². The first-order valence-corrected chi connectivity index (χ1v) is 9.81. The minimum absolute atomic E-state index is 0.279. The van der Waals surface area contributed by atoms with E-state index in [9.17, 15) is 5.11 Å². The number of aliphatic hydroxyl groups excluding tert-OH is 1. The molecule has 2 unspecified atom stereocenters. The Bertz CT molecular complexity index is 1160. The summed E-state index contributed by atoms with van der Waals surface area (Å²) in [5, 5.41) is 22.8. The van der Waals surface area contributed by atoms with Crippen LogP contribution in [0.4, 0.5) is 5.82 Å². The van der Waals surface area contributed by atoms with Gasteiger partial charge >= 0.3 is 0 Å². The second kappa shape index (κ2) is 6.97. The molecule has 0 spiro atoms. The monoisotopic (exact) mass is 389 g/mol. The highest BCUT2D eigenvalue weighted by Crippen LogP contribution is 2.31. The molecule has 148 valence electrons. The Morgan fingerprint density at radius 3 is 2.86 bits per heavy atom. The summed E-state index contributed by atoms with van der Waals surface area (Å²) in [6.45, 7) is 3.55. The average molecular weight is 389 g/mol. The van der Waals surface area contributed by atoms with Crippen molar-refractivity contribution in [2.24, 2.45) is 13.0 Å². The maximum atomic E-state index is 9.88. The van der Waals surface area contributed by atoms with E-state index in [1.54, 1.807) is 11.0 Å². The van der Waals surface area contributed by atoms with E-state index in [4.69, 9.17) is 0 Å². The van der Waals surface area contributed by atoms with Crippen LogP contribution in [-0.4, -0.2) is 54.2 Å². The van der Waals surface area contributed by atoms with Gasteiger partial charge in [0.2, 0.25) is 0 Å². The van der Waals surface area contributed by atoms with Gasteiger partial charge < -0.3 is 10.0 Å². The molecule has 5 rings (SSSR count). The molecule has 29 heavy (non-hydrogen) atoms. The molecular weight excluding hydrogens is 366 g/mol. The van der Waals surface area contributed by atoms with Crippen molar-refractivity contribution in [2.45, 2.75) is 19.4 Å². The fourth-order valence-electron chi connectivity index (χ4n) is 4.00. The zero-order chi connectivity index (χ0) is 20.0. The third-order valence-corrected chi connectivity index (χ3v) is 5.73. The average Bonchev–Trinajstić information content (AvgIpc) is 3.47. The zero-order valence-corrected chi connectivity index (χ0v) is 16.4. The van der Waals surface area contributed by atoms with Crippen molar-refractivity contribution in [3.8, 4) is 22.5 Å². The molecule has 1 aliphatic rings. The summed E-state index contributed by atoms with van der Waals surface area (Å²) in [6, 6.07) is 8.19. The molecule has 8 heteroatoms. The maximum Gasteiger partial charge on any atom is 0.132 e. The molecule has 8 nitrogen and oxygen atoms in total. The first-order chi connectivity index (χ1) is 14.1. The Hall–Kier alpha value is -3.26.